The third kappa shape index (κ3) is 2.96. The Morgan fingerprint density at radius 2 is 2.17 bits per heavy atom. The zero-order valence-electron chi connectivity index (χ0n) is 14.4. The van der Waals surface area contributed by atoms with Crippen molar-refractivity contribution >= 4 is 17.2 Å². The summed E-state index contributed by atoms with van der Waals surface area (Å²) >= 11 is 1.76. The average molecular weight is 333 g/mol. The van der Waals surface area contributed by atoms with Crippen LogP contribution in [0.15, 0.2) is 6.07 Å². The summed E-state index contributed by atoms with van der Waals surface area (Å²) in [6.07, 6.45) is 7.18. The van der Waals surface area contributed by atoms with Gasteiger partial charge >= 0.3 is 0 Å². The van der Waals surface area contributed by atoms with Gasteiger partial charge in [0, 0.05) is 29.9 Å². The van der Waals surface area contributed by atoms with Crippen molar-refractivity contribution in [1.82, 2.24) is 10.2 Å². The molecule has 2 aliphatic heterocycles. The van der Waals surface area contributed by atoms with Gasteiger partial charge in [0.25, 0.3) is 5.91 Å². The first-order valence-corrected chi connectivity index (χ1v) is 9.90. The van der Waals surface area contributed by atoms with Crippen LogP contribution in [0.1, 0.15) is 59.6 Å². The SMILES string of the molecule is CC1(C)CCc2sc(C(=O)N3CCCC4(CCNC4)C3)cc2C1. The molecule has 23 heavy (non-hydrogen) atoms. The van der Waals surface area contributed by atoms with E-state index in [4.69, 9.17) is 0 Å². The summed E-state index contributed by atoms with van der Waals surface area (Å²) in [7, 11) is 0. The number of fused-ring (bicyclic) bond motifs is 1. The van der Waals surface area contributed by atoms with E-state index in [1.807, 2.05) is 0 Å². The lowest BCUT2D eigenvalue weighted by atomic mass is 9.77. The summed E-state index contributed by atoms with van der Waals surface area (Å²) in [5.74, 6) is 0.285. The Morgan fingerprint density at radius 3 is 2.96 bits per heavy atom. The summed E-state index contributed by atoms with van der Waals surface area (Å²) < 4.78 is 0. The Bertz CT molecular complexity index is 613. The van der Waals surface area contributed by atoms with Crippen molar-refractivity contribution in [3.63, 3.8) is 0 Å². The minimum Gasteiger partial charge on any atom is -0.337 e. The Hall–Kier alpha value is -0.870. The highest BCUT2D eigenvalue weighted by molar-refractivity contribution is 7.14. The van der Waals surface area contributed by atoms with Crippen molar-refractivity contribution in [1.29, 1.82) is 0 Å². The molecule has 4 heteroatoms. The van der Waals surface area contributed by atoms with Crippen LogP contribution in [0.25, 0.3) is 0 Å². The standard InChI is InChI=1S/C19H28N2OS/c1-18(2)6-4-15-14(11-18)10-16(23-15)17(22)21-9-3-5-19(13-21)7-8-20-12-19/h10,20H,3-9,11-13H2,1-2H3. The van der Waals surface area contributed by atoms with E-state index in [0.29, 0.717) is 10.8 Å². The Labute approximate surface area is 143 Å². The van der Waals surface area contributed by atoms with E-state index in [9.17, 15) is 4.79 Å². The van der Waals surface area contributed by atoms with E-state index < -0.39 is 0 Å². The normalized spacial score (nSPS) is 29.7. The molecule has 1 N–H and O–H groups in total. The Morgan fingerprint density at radius 1 is 1.30 bits per heavy atom. The molecule has 3 nitrogen and oxygen atoms in total. The zero-order valence-corrected chi connectivity index (χ0v) is 15.2. The molecule has 1 amide bonds. The van der Waals surface area contributed by atoms with Crippen LogP contribution in [0.5, 0.6) is 0 Å². The fourth-order valence-corrected chi connectivity index (χ4v) is 5.82. The highest BCUT2D eigenvalue weighted by Gasteiger charge is 2.40. The molecule has 0 radical (unpaired) electrons. The quantitative estimate of drug-likeness (QED) is 0.854. The lowest BCUT2D eigenvalue weighted by Gasteiger charge is -2.39. The highest BCUT2D eigenvalue weighted by Crippen LogP contribution is 2.40. The van der Waals surface area contributed by atoms with Crippen LogP contribution in [0.4, 0.5) is 0 Å². The van der Waals surface area contributed by atoms with Crippen LogP contribution in [0, 0.1) is 10.8 Å². The molecule has 1 aromatic heterocycles. The number of aryl methyl sites for hydroxylation is 1. The summed E-state index contributed by atoms with van der Waals surface area (Å²) in [6.45, 7) is 8.78. The fourth-order valence-electron chi connectivity index (χ4n) is 4.67. The van der Waals surface area contributed by atoms with Crippen LogP contribution in [0.2, 0.25) is 0 Å². The van der Waals surface area contributed by atoms with Gasteiger partial charge in [-0.2, -0.15) is 0 Å². The number of piperidine rings is 1. The van der Waals surface area contributed by atoms with Gasteiger partial charge in [-0.3, -0.25) is 4.79 Å². The van der Waals surface area contributed by atoms with Crippen molar-refractivity contribution in [2.45, 2.75) is 52.4 Å². The summed E-state index contributed by atoms with van der Waals surface area (Å²) in [4.78, 5) is 17.6. The Kier molecular flexibility index (Phi) is 3.80. The second kappa shape index (κ2) is 5.59. The number of hydrogen-bond acceptors (Lipinski definition) is 3. The number of carbonyl (C=O) groups excluding carboxylic acids is 1. The van der Waals surface area contributed by atoms with Crippen LogP contribution in [-0.2, 0) is 12.8 Å². The molecule has 1 unspecified atom stereocenters. The number of hydrogen-bond donors (Lipinski definition) is 1. The van der Waals surface area contributed by atoms with Crippen LogP contribution < -0.4 is 5.32 Å². The second-order valence-corrected chi connectivity index (χ2v) is 9.79. The van der Waals surface area contributed by atoms with Gasteiger partial charge in [-0.1, -0.05) is 13.8 Å². The number of nitrogens with one attached hydrogen (secondary N) is 1. The van der Waals surface area contributed by atoms with Gasteiger partial charge in [-0.15, -0.1) is 11.3 Å². The molecule has 3 aliphatic rings. The van der Waals surface area contributed by atoms with Gasteiger partial charge in [0.05, 0.1) is 4.88 Å². The molecule has 1 aromatic rings. The number of thiophene rings is 1. The van der Waals surface area contributed by atoms with Crippen LogP contribution in [-0.4, -0.2) is 37.0 Å². The maximum Gasteiger partial charge on any atom is 0.263 e. The molecule has 0 aromatic carbocycles. The topological polar surface area (TPSA) is 32.3 Å². The first-order valence-electron chi connectivity index (χ1n) is 9.08. The molecule has 2 saturated heterocycles. The van der Waals surface area contributed by atoms with E-state index in [1.54, 1.807) is 11.3 Å². The second-order valence-electron chi connectivity index (χ2n) is 8.66. The molecular weight excluding hydrogens is 304 g/mol. The molecule has 4 rings (SSSR count). The van der Waals surface area contributed by atoms with Crippen molar-refractivity contribution in [3.8, 4) is 0 Å². The number of likely N-dealkylation sites (tertiary alicyclic amines) is 1. The molecular formula is C19H28N2OS. The summed E-state index contributed by atoms with van der Waals surface area (Å²) in [6, 6.07) is 2.21. The van der Waals surface area contributed by atoms with Gasteiger partial charge in [0.2, 0.25) is 0 Å². The summed E-state index contributed by atoms with van der Waals surface area (Å²) in [5.41, 5.74) is 2.18. The lowest BCUT2D eigenvalue weighted by molar-refractivity contribution is 0.0558. The predicted molar refractivity (Wildman–Crippen MR) is 95.2 cm³/mol. The minimum absolute atomic E-state index is 0.285. The zero-order chi connectivity index (χ0) is 16.1. The van der Waals surface area contributed by atoms with Crippen molar-refractivity contribution in [3.05, 3.63) is 21.4 Å². The van der Waals surface area contributed by atoms with E-state index in [0.717, 1.165) is 50.3 Å². The first kappa shape index (κ1) is 15.6. The van der Waals surface area contributed by atoms with Crippen LogP contribution >= 0.6 is 11.3 Å². The third-order valence-electron chi connectivity index (χ3n) is 6.09. The largest absolute Gasteiger partial charge is 0.337 e. The monoisotopic (exact) mass is 332 g/mol. The van der Waals surface area contributed by atoms with Crippen molar-refractivity contribution < 1.29 is 4.79 Å². The van der Waals surface area contributed by atoms with E-state index >= 15 is 0 Å². The highest BCUT2D eigenvalue weighted by atomic mass is 32.1. The maximum absolute atomic E-state index is 13.0. The van der Waals surface area contributed by atoms with E-state index in [2.05, 4.69) is 30.1 Å². The average Bonchev–Trinajstić information content (AvgIpc) is 3.12. The molecule has 0 bridgehead atoms. The molecule has 2 fully saturated rings. The summed E-state index contributed by atoms with van der Waals surface area (Å²) in [5, 5.41) is 3.50. The molecule has 3 heterocycles. The number of nitrogens with zero attached hydrogens (tertiary/aromatic N) is 1. The van der Waals surface area contributed by atoms with Crippen molar-refractivity contribution in [2.24, 2.45) is 10.8 Å². The van der Waals surface area contributed by atoms with Crippen molar-refractivity contribution in [2.75, 3.05) is 26.2 Å². The smallest absolute Gasteiger partial charge is 0.263 e. The number of rotatable bonds is 1. The molecule has 0 saturated carbocycles. The van der Waals surface area contributed by atoms with E-state index in [1.165, 1.54) is 29.7 Å². The van der Waals surface area contributed by atoms with Crippen LogP contribution in [0.3, 0.4) is 0 Å². The first-order chi connectivity index (χ1) is 11.0. The predicted octanol–water partition coefficient (Wildman–Crippen LogP) is 3.48. The lowest BCUT2D eigenvalue weighted by Crippen LogP contribution is -2.46. The molecule has 126 valence electrons. The van der Waals surface area contributed by atoms with Gasteiger partial charge < -0.3 is 10.2 Å². The number of carbonyl (C=O) groups is 1. The van der Waals surface area contributed by atoms with E-state index in [-0.39, 0.29) is 5.91 Å². The minimum atomic E-state index is 0.285. The van der Waals surface area contributed by atoms with Gasteiger partial charge in [-0.25, -0.2) is 0 Å². The number of amides is 1. The third-order valence-corrected chi connectivity index (χ3v) is 7.31. The van der Waals surface area contributed by atoms with Gasteiger partial charge in [0.1, 0.15) is 0 Å². The fraction of sp³-hybridized carbons (Fsp3) is 0.737. The maximum atomic E-state index is 13.0. The Balaban J connectivity index is 1.52. The molecule has 1 aliphatic carbocycles. The van der Waals surface area contributed by atoms with Gasteiger partial charge in [-0.05, 0) is 62.1 Å². The molecule has 1 atom stereocenters. The molecule has 1 spiro atoms. The van der Waals surface area contributed by atoms with Gasteiger partial charge in [0.15, 0.2) is 0 Å².